The number of aryl methyl sites for hydroxylation is 1. The lowest BCUT2D eigenvalue weighted by molar-refractivity contribution is -0.127. The zero-order chi connectivity index (χ0) is 32.4. The number of benzene rings is 1. The van der Waals surface area contributed by atoms with Crippen LogP contribution in [0.2, 0.25) is 0 Å². The van der Waals surface area contributed by atoms with Crippen LogP contribution in [0.5, 0.6) is 0 Å². The minimum absolute atomic E-state index is 0.100. The summed E-state index contributed by atoms with van der Waals surface area (Å²) in [6.07, 6.45) is 6.36. The lowest BCUT2D eigenvalue weighted by Gasteiger charge is -2.71. The van der Waals surface area contributed by atoms with Crippen LogP contribution in [-0.4, -0.2) is 60.2 Å². The highest BCUT2D eigenvalue weighted by Crippen LogP contribution is 2.69. The number of thiophene rings is 1. The van der Waals surface area contributed by atoms with Gasteiger partial charge in [0.15, 0.2) is 0 Å². The van der Waals surface area contributed by atoms with Crippen molar-refractivity contribution >= 4 is 44.1 Å². The second-order valence-electron chi connectivity index (χ2n) is 13.7. The number of aromatic nitrogens is 5. The van der Waals surface area contributed by atoms with Crippen molar-refractivity contribution in [2.24, 2.45) is 5.41 Å². The lowest BCUT2D eigenvalue weighted by Crippen LogP contribution is -2.72. The van der Waals surface area contributed by atoms with E-state index in [9.17, 15) is 18.4 Å². The summed E-state index contributed by atoms with van der Waals surface area (Å²) in [6.45, 7) is 5.61. The van der Waals surface area contributed by atoms with Crippen LogP contribution in [0.3, 0.4) is 0 Å². The molecule has 0 unspecified atom stereocenters. The standard InChI is InChI=1S/C34H34F3N9S/c1-21-22(15-45-8-4-23(5-9-45)43-30-27-11-25(12-34(35,36)37)47-31(27)42-20-41-30)2-3-28-26(21)10-24(13-38)46(28)19-32-16-33(17-32,18-32)44-29-14-39-6-7-40-29/h2-3,6-7,10-11,14,20,23H,4-5,8-9,12,15-19H2,1H3,(H,40,44)(H,41,42,43). The van der Waals surface area contributed by atoms with Gasteiger partial charge in [-0.2, -0.15) is 18.4 Å². The van der Waals surface area contributed by atoms with Crippen LogP contribution >= 0.6 is 11.3 Å². The van der Waals surface area contributed by atoms with Gasteiger partial charge < -0.3 is 15.2 Å². The largest absolute Gasteiger partial charge is 0.393 e. The predicted octanol–water partition coefficient (Wildman–Crippen LogP) is 6.83. The summed E-state index contributed by atoms with van der Waals surface area (Å²) < 4.78 is 41.1. The highest BCUT2D eigenvalue weighted by Gasteiger charge is 2.68. The Kier molecular flexibility index (Phi) is 7.14. The van der Waals surface area contributed by atoms with Crippen LogP contribution < -0.4 is 10.6 Å². The molecule has 1 aliphatic heterocycles. The molecule has 47 heavy (non-hydrogen) atoms. The van der Waals surface area contributed by atoms with Gasteiger partial charge in [-0.1, -0.05) is 6.07 Å². The van der Waals surface area contributed by atoms with Crippen LogP contribution in [0, 0.1) is 23.7 Å². The zero-order valence-corrected chi connectivity index (χ0v) is 26.8. The molecule has 5 aromatic rings. The maximum absolute atomic E-state index is 12.9. The molecule has 1 saturated heterocycles. The maximum Gasteiger partial charge on any atom is 0.393 e. The maximum atomic E-state index is 12.9. The number of fused-ring (bicyclic) bond motifs is 2. The molecule has 5 heterocycles. The number of alkyl halides is 3. The summed E-state index contributed by atoms with van der Waals surface area (Å²) in [6, 6.07) is 10.6. The van der Waals surface area contributed by atoms with E-state index in [2.05, 4.69) is 71.2 Å². The molecular formula is C34H34F3N9S. The summed E-state index contributed by atoms with van der Waals surface area (Å²) in [5, 5.41) is 18.9. The summed E-state index contributed by atoms with van der Waals surface area (Å²) in [7, 11) is 0. The van der Waals surface area contributed by atoms with Gasteiger partial charge in [0.2, 0.25) is 0 Å². The third-order valence-electron chi connectivity index (χ3n) is 10.2. The Hall–Kier alpha value is -4.28. The Morgan fingerprint density at radius 3 is 2.60 bits per heavy atom. The number of likely N-dealkylation sites (tertiary alicyclic amines) is 1. The predicted molar refractivity (Wildman–Crippen MR) is 175 cm³/mol. The molecule has 2 bridgehead atoms. The van der Waals surface area contributed by atoms with Crippen LogP contribution in [0.1, 0.15) is 53.8 Å². The Bertz CT molecular complexity index is 1980. The fourth-order valence-corrected chi connectivity index (χ4v) is 9.23. The van der Waals surface area contributed by atoms with Gasteiger partial charge in [-0.25, -0.2) is 15.0 Å². The molecule has 0 amide bonds. The van der Waals surface area contributed by atoms with Gasteiger partial charge in [-0.3, -0.25) is 9.88 Å². The first kappa shape index (κ1) is 30.1. The number of nitriles is 1. The highest BCUT2D eigenvalue weighted by molar-refractivity contribution is 7.18. The SMILES string of the molecule is Cc1c(CN2CCC(Nc3ncnc4sc(CC(F)(F)F)cc34)CC2)ccc2c1cc(C#N)n2CC12CC(Nc3cnccn3)(C1)C2. The van der Waals surface area contributed by atoms with Crippen molar-refractivity contribution in [1.29, 1.82) is 5.26 Å². The molecule has 4 aliphatic rings. The molecule has 4 fully saturated rings. The molecule has 2 N–H and O–H groups in total. The molecule has 3 saturated carbocycles. The first-order valence-corrected chi connectivity index (χ1v) is 16.8. The molecular weight excluding hydrogens is 623 g/mol. The number of anilines is 2. The topological polar surface area (TPSA) is 108 Å². The van der Waals surface area contributed by atoms with E-state index in [1.54, 1.807) is 24.7 Å². The number of nitrogens with one attached hydrogen (secondary N) is 2. The van der Waals surface area contributed by atoms with E-state index in [0.717, 1.165) is 86.3 Å². The second-order valence-corrected chi connectivity index (χ2v) is 14.8. The van der Waals surface area contributed by atoms with Gasteiger partial charge in [0.1, 0.15) is 34.6 Å². The van der Waals surface area contributed by atoms with Crippen LogP contribution in [-0.2, 0) is 19.5 Å². The number of hydrogen-bond acceptors (Lipinski definition) is 9. The van der Waals surface area contributed by atoms with Crippen molar-refractivity contribution in [2.45, 2.75) is 76.3 Å². The van der Waals surface area contributed by atoms with E-state index in [0.29, 0.717) is 21.7 Å². The average molecular weight is 658 g/mol. The number of halogens is 3. The van der Waals surface area contributed by atoms with Gasteiger partial charge in [0.25, 0.3) is 0 Å². The van der Waals surface area contributed by atoms with Crippen molar-refractivity contribution < 1.29 is 13.2 Å². The molecule has 242 valence electrons. The number of rotatable bonds is 9. The molecule has 9 nitrogen and oxygen atoms in total. The minimum atomic E-state index is -4.25. The van der Waals surface area contributed by atoms with E-state index < -0.39 is 12.6 Å². The van der Waals surface area contributed by atoms with Gasteiger partial charge in [0, 0.05) is 65.9 Å². The first-order valence-electron chi connectivity index (χ1n) is 16.0. The first-order chi connectivity index (χ1) is 22.6. The van der Waals surface area contributed by atoms with Crippen molar-refractivity contribution in [1.82, 2.24) is 29.4 Å². The van der Waals surface area contributed by atoms with E-state index in [-0.39, 0.29) is 21.9 Å². The van der Waals surface area contributed by atoms with Crippen LogP contribution in [0.15, 0.2) is 49.2 Å². The lowest BCUT2D eigenvalue weighted by atomic mass is 9.39. The molecule has 13 heteroatoms. The third-order valence-corrected chi connectivity index (χ3v) is 11.3. The zero-order valence-electron chi connectivity index (χ0n) is 25.9. The van der Waals surface area contributed by atoms with Gasteiger partial charge in [0.05, 0.1) is 18.0 Å². The van der Waals surface area contributed by atoms with E-state index in [1.807, 2.05) is 0 Å². The highest BCUT2D eigenvalue weighted by atomic mass is 32.1. The number of nitrogens with zero attached hydrogens (tertiary/aromatic N) is 7. The Labute approximate surface area is 273 Å². The van der Waals surface area contributed by atoms with E-state index >= 15 is 0 Å². The summed E-state index contributed by atoms with van der Waals surface area (Å²) in [5.74, 6) is 1.42. The fraction of sp³-hybridized carbons (Fsp3) is 0.441. The normalized spacial score (nSPS) is 23.0. The van der Waals surface area contributed by atoms with Crippen molar-refractivity contribution in [2.75, 3.05) is 23.7 Å². The van der Waals surface area contributed by atoms with Crippen molar-refractivity contribution in [3.63, 3.8) is 0 Å². The molecule has 0 atom stereocenters. The monoisotopic (exact) mass is 657 g/mol. The molecule has 0 radical (unpaired) electrons. The second kappa shape index (κ2) is 11.2. The number of hydrogen-bond donors (Lipinski definition) is 2. The van der Waals surface area contributed by atoms with Crippen molar-refractivity contribution in [3.05, 3.63) is 70.9 Å². The third kappa shape index (κ3) is 5.67. The summed E-state index contributed by atoms with van der Waals surface area (Å²) in [4.78, 5) is 20.4. The summed E-state index contributed by atoms with van der Waals surface area (Å²) >= 11 is 1.07. The Morgan fingerprint density at radius 2 is 1.87 bits per heavy atom. The van der Waals surface area contributed by atoms with E-state index in [1.165, 1.54) is 17.5 Å². The Balaban J connectivity index is 0.904. The fourth-order valence-electron chi connectivity index (χ4n) is 8.20. The van der Waals surface area contributed by atoms with Crippen LogP contribution in [0.4, 0.5) is 24.8 Å². The van der Waals surface area contributed by atoms with Gasteiger partial charge in [-0.15, -0.1) is 11.3 Å². The van der Waals surface area contributed by atoms with Crippen molar-refractivity contribution in [3.8, 4) is 6.07 Å². The van der Waals surface area contributed by atoms with Gasteiger partial charge >= 0.3 is 6.18 Å². The van der Waals surface area contributed by atoms with Crippen LogP contribution in [0.25, 0.3) is 21.1 Å². The Morgan fingerprint density at radius 1 is 1.06 bits per heavy atom. The molecule has 0 spiro atoms. The molecule has 1 aromatic carbocycles. The molecule has 3 aliphatic carbocycles. The van der Waals surface area contributed by atoms with Gasteiger partial charge in [-0.05, 0) is 73.8 Å². The summed E-state index contributed by atoms with van der Waals surface area (Å²) in [5.41, 5.74) is 4.62. The molecule has 9 rings (SSSR count). The number of piperidine rings is 1. The minimum Gasteiger partial charge on any atom is -0.367 e. The molecule has 4 aromatic heterocycles. The quantitative estimate of drug-likeness (QED) is 0.178. The van der Waals surface area contributed by atoms with E-state index in [4.69, 9.17) is 0 Å². The average Bonchev–Trinajstić information content (AvgIpc) is 3.58. The smallest absolute Gasteiger partial charge is 0.367 e.